The number of methoxy groups -OCH3 is 1. The number of anilines is 1. The van der Waals surface area contributed by atoms with Crippen molar-refractivity contribution < 1.29 is 14.3 Å². The van der Waals surface area contributed by atoms with Gasteiger partial charge in [0.2, 0.25) is 11.8 Å². The Morgan fingerprint density at radius 2 is 1.85 bits per heavy atom. The highest BCUT2D eigenvalue weighted by molar-refractivity contribution is 5.82. The molecule has 1 saturated heterocycles. The van der Waals surface area contributed by atoms with E-state index in [0.717, 1.165) is 30.8 Å². The van der Waals surface area contributed by atoms with Crippen LogP contribution in [-0.2, 0) is 22.4 Å². The van der Waals surface area contributed by atoms with Crippen LogP contribution in [0.1, 0.15) is 25.0 Å². The molecule has 2 amide bonds. The van der Waals surface area contributed by atoms with Crippen LogP contribution in [0.5, 0.6) is 5.75 Å². The Kier molecular flexibility index (Phi) is 7.73. The maximum absolute atomic E-state index is 13.4. The van der Waals surface area contributed by atoms with E-state index in [0.29, 0.717) is 26.1 Å². The number of carbonyl (C=O) groups excluding carboxylic acids is 2. The second-order valence-electron chi connectivity index (χ2n) is 9.51. The minimum atomic E-state index is -0.163. The average Bonchev–Trinajstić information content (AvgIpc) is 2.83. The van der Waals surface area contributed by atoms with E-state index in [9.17, 15) is 9.59 Å². The molecule has 4 rings (SSSR count). The maximum atomic E-state index is 13.4. The van der Waals surface area contributed by atoms with Crippen LogP contribution < -0.4 is 20.3 Å². The third kappa shape index (κ3) is 5.53. The Hall–Kier alpha value is -3.06. The molecule has 2 aromatic carbocycles. The highest BCUT2D eigenvalue weighted by Crippen LogP contribution is 2.36. The number of para-hydroxylation sites is 2. The van der Waals surface area contributed by atoms with E-state index in [2.05, 4.69) is 38.6 Å². The fourth-order valence-electron chi connectivity index (χ4n) is 5.19. The van der Waals surface area contributed by atoms with Crippen LogP contribution in [0, 0.1) is 5.92 Å². The van der Waals surface area contributed by atoms with E-state index in [-0.39, 0.29) is 29.8 Å². The summed E-state index contributed by atoms with van der Waals surface area (Å²) >= 11 is 0. The summed E-state index contributed by atoms with van der Waals surface area (Å²) in [4.78, 5) is 30.3. The number of carbonyl (C=O) groups is 2. The molecule has 0 aromatic heterocycles. The lowest BCUT2D eigenvalue weighted by Crippen LogP contribution is -2.62. The second kappa shape index (κ2) is 10.9. The normalized spacial score (nSPS) is 19.8. The van der Waals surface area contributed by atoms with Crippen molar-refractivity contribution in [2.45, 2.75) is 38.8 Å². The van der Waals surface area contributed by atoms with Gasteiger partial charge in [-0.3, -0.25) is 14.5 Å². The van der Waals surface area contributed by atoms with Crippen LogP contribution in [0.15, 0.2) is 48.5 Å². The molecule has 2 aliphatic heterocycles. The molecule has 7 nitrogen and oxygen atoms in total. The summed E-state index contributed by atoms with van der Waals surface area (Å²) in [5.41, 5.74) is 3.52. The first-order valence-electron chi connectivity index (χ1n) is 12.2. The number of amides is 2. The van der Waals surface area contributed by atoms with E-state index in [4.69, 9.17) is 4.74 Å². The van der Waals surface area contributed by atoms with Gasteiger partial charge in [-0.15, -0.1) is 0 Å². The van der Waals surface area contributed by atoms with E-state index in [1.165, 1.54) is 11.3 Å². The number of hydrogen-bond acceptors (Lipinski definition) is 5. The Morgan fingerprint density at radius 1 is 1.09 bits per heavy atom. The monoisotopic (exact) mass is 464 g/mol. The van der Waals surface area contributed by atoms with Gasteiger partial charge in [0.25, 0.3) is 0 Å². The minimum Gasteiger partial charge on any atom is -0.496 e. The summed E-state index contributed by atoms with van der Waals surface area (Å²) in [6.07, 6.45) is 1.43. The fraction of sp³-hybridized carbons (Fsp3) is 0.481. The minimum absolute atomic E-state index is 0.0393. The number of benzene rings is 2. The number of piperazine rings is 1. The molecule has 2 atom stereocenters. The molecule has 0 unspecified atom stereocenters. The first kappa shape index (κ1) is 24.1. The smallest absolute Gasteiger partial charge is 0.234 e. The third-order valence-corrected chi connectivity index (χ3v) is 6.75. The van der Waals surface area contributed by atoms with Crippen LogP contribution in [-0.4, -0.2) is 68.6 Å². The highest BCUT2D eigenvalue weighted by Gasteiger charge is 2.41. The molecule has 0 aliphatic carbocycles. The van der Waals surface area contributed by atoms with Crippen molar-refractivity contribution >= 4 is 17.5 Å². The van der Waals surface area contributed by atoms with Crippen molar-refractivity contribution in [3.63, 3.8) is 0 Å². The zero-order valence-electron chi connectivity index (χ0n) is 20.4. The number of hydrogen-bond donors (Lipinski definition) is 2. The molecule has 2 aliphatic rings. The lowest BCUT2D eigenvalue weighted by molar-refractivity contribution is -0.126. The number of nitrogens with one attached hydrogen (secondary N) is 2. The van der Waals surface area contributed by atoms with Gasteiger partial charge in [0, 0.05) is 37.9 Å². The van der Waals surface area contributed by atoms with Crippen molar-refractivity contribution in [3.05, 3.63) is 59.7 Å². The van der Waals surface area contributed by atoms with Crippen LogP contribution in [0.25, 0.3) is 0 Å². The van der Waals surface area contributed by atoms with Gasteiger partial charge in [-0.05, 0) is 49.9 Å². The molecule has 0 saturated carbocycles. The quantitative estimate of drug-likeness (QED) is 0.627. The van der Waals surface area contributed by atoms with Gasteiger partial charge in [0.1, 0.15) is 5.75 Å². The number of fused-ring (bicyclic) bond motifs is 3. The molecular formula is C27H36N4O3. The van der Waals surface area contributed by atoms with Gasteiger partial charge in [0.15, 0.2) is 0 Å². The molecule has 1 fully saturated rings. The Balaban J connectivity index is 1.45. The summed E-state index contributed by atoms with van der Waals surface area (Å²) in [5.74, 6) is 0.797. The zero-order valence-corrected chi connectivity index (χ0v) is 20.4. The predicted molar refractivity (Wildman–Crippen MR) is 134 cm³/mol. The lowest BCUT2D eigenvalue weighted by atomic mass is 9.83. The molecule has 2 N–H and O–H groups in total. The van der Waals surface area contributed by atoms with Gasteiger partial charge in [-0.2, -0.15) is 0 Å². The van der Waals surface area contributed by atoms with E-state index in [1.807, 2.05) is 44.2 Å². The average molecular weight is 465 g/mol. The summed E-state index contributed by atoms with van der Waals surface area (Å²) in [5, 5.41) is 6.16. The van der Waals surface area contributed by atoms with Gasteiger partial charge in [-0.1, -0.05) is 36.4 Å². The van der Waals surface area contributed by atoms with Gasteiger partial charge in [-0.25, -0.2) is 0 Å². The van der Waals surface area contributed by atoms with Crippen LogP contribution in [0.4, 0.5) is 5.69 Å². The van der Waals surface area contributed by atoms with E-state index < -0.39 is 0 Å². The highest BCUT2D eigenvalue weighted by atomic mass is 16.5. The largest absolute Gasteiger partial charge is 0.496 e. The summed E-state index contributed by atoms with van der Waals surface area (Å²) in [6, 6.07) is 16.5. The number of ether oxygens (including phenoxy) is 1. The lowest BCUT2D eigenvalue weighted by Gasteiger charge is -2.49. The van der Waals surface area contributed by atoms with E-state index >= 15 is 0 Å². The summed E-state index contributed by atoms with van der Waals surface area (Å²) in [7, 11) is 1.67. The molecule has 0 bridgehead atoms. The zero-order chi connectivity index (χ0) is 24.1. The van der Waals surface area contributed by atoms with Gasteiger partial charge in [0.05, 0.1) is 25.6 Å². The van der Waals surface area contributed by atoms with Crippen molar-refractivity contribution in [2.75, 3.05) is 44.7 Å². The molecule has 7 heteroatoms. The predicted octanol–water partition coefficient (Wildman–Crippen LogP) is 2.24. The molecular weight excluding hydrogens is 428 g/mol. The second-order valence-corrected chi connectivity index (χ2v) is 9.51. The maximum Gasteiger partial charge on any atom is 0.234 e. The Labute approximate surface area is 202 Å². The molecule has 0 spiro atoms. The van der Waals surface area contributed by atoms with Crippen LogP contribution in [0.3, 0.4) is 0 Å². The van der Waals surface area contributed by atoms with Gasteiger partial charge < -0.3 is 20.3 Å². The third-order valence-electron chi connectivity index (χ3n) is 6.75. The standard InChI is InChI=1S/C27H36N4O3/c1-19(2)29-26(32)18-30-14-15-31-23-10-6-4-9-21(23)16-22(24(31)17-30)27(33)28-13-12-20-8-5-7-11-25(20)34-3/h4-11,19,22,24H,12-18H2,1-3H3,(H,28,33)(H,29,32)/t22-,24+/m0/s1. The first-order chi connectivity index (χ1) is 16.5. The SMILES string of the molecule is COc1ccccc1CCNC(=O)[C@H]1Cc2ccccc2N2CCN(CC(=O)NC(C)C)C[C@H]12. The molecule has 34 heavy (non-hydrogen) atoms. The van der Waals surface area contributed by atoms with Crippen molar-refractivity contribution in [1.82, 2.24) is 15.5 Å². The molecule has 182 valence electrons. The summed E-state index contributed by atoms with van der Waals surface area (Å²) < 4.78 is 5.44. The molecule has 2 heterocycles. The topological polar surface area (TPSA) is 73.9 Å². The number of nitrogens with zero attached hydrogens (tertiary/aromatic N) is 2. The Morgan fingerprint density at radius 3 is 2.65 bits per heavy atom. The van der Waals surface area contributed by atoms with Crippen LogP contribution >= 0.6 is 0 Å². The summed E-state index contributed by atoms with van der Waals surface area (Å²) in [6.45, 7) is 7.18. The van der Waals surface area contributed by atoms with Crippen molar-refractivity contribution in [3.8, 4) is 5.75 Å². The fourth-order valence-corrected chi connectivity index (χ4v) is 5.19. The number of rotatable bonds is 8. The molecule has 2 aromatic rings. The Bertz CT molecular complexity index is 1010. The van der Waals surface area contributed by atoms with E-state index in [1.54, 1.807) is 7.11 Å². The van der Waals surface area contributed by atoms with Crippen molar-refractivity contribution in [1.29, 1.82) is 0 Å². The van der Waals surface area contributed by atoms with Crippen molar-refractivity contribution in [2.24, 2.45) is 5.92 Å². The van der Waals surface area contributed by atoms with Gasteiger partial charge >= 0.3 is 0 Å². The molecule has 0 radical (unpaired) electrons. The first-order valence-corrected chi connectivity index (χ1v) is 12.2. The van der Waals surface area contributed by atoms with Crippen LogP contribution in [0.2, 0.25) is 0 Å².